The number of Topliss-reactive ketones (excluding diaryl/α,β-unsaturated/α-hetero) is 1. The molecule has 2 aliphatic rings. The van der Waals surface area contributed by atoms with E-state index < -0.39 is 52.1 Å². The Labute approximate surface area is 210 Å². The summed E-state index contributed by atoms with van der Waals surface area (Å²) in [6.45, 7) is 0. The summed E-state index contributed by atoms with van der Waals surface area (Å²) in [6, 6.07) is 7.99. The lowest BCUT2D eigenvalue weighted by Crippen LogP contribution is -2.57. The minimum Gasteiger partial charge on any atom is -0.292 e. The smallest absolute Gasteiger partial charge is 0.273 e. The molecule has 0 bridgehead atoms. The summed E-state index contributed by atoms with van der Waals surface area (Å²) in [7, 11) is 0. The number of carbonyl (C=O) groups excluding carboxylic acids is 4. The summed E-state index contributed by atoms with van der Waals surface area (Å²) < 4.78 is 13.5. The summed E-state index contributed by atoms with van der Waals surface area (Å²) in [4.78, 5) is 64.6. The van der Waals surface area contributed by atoms with Gasteiger partial charge in [0.2, 0.25) is 0 Å². The van der Waals surface area contributed by atoms with E-state index in [0.29, 0.717) is 12.8 Å². The molecule has 2 aromatic carbocycles. The zero-order chi connectivity index (χ0) is 26.0. The quantitative estimate of drug-likeness (QED) is 0.171. The summed E-state index contributed by atoms with van der Waals surface area (Å²) in [5.41, 5.74) is -0.232. The van der Waals surface area contributed by atoms with Gasteiger partial charge in [-0.3, -0.25) is 29.3 Å². The molecule has 1 aliphatic carbocycles. The Hall–Kier alpha value is -3.66. The van der Waals surface area contributed by atoms with E-state index in [-0.39, 0.29) is 29.1 Å². The maximum absolute atomic E-state index is 13.8. The van der Waals surface area contributed by atoms with Gasteiger partial charge in [-0.2, -0.15) is 5.01 Å². The maximum atomic E-state index is 13.8. The number of carbonyl (C=O) groups is 4. The van der Waals surface area contributed by atoms with Gasteiger partial charge < -0.3 is 0 Å². The number of amides is 3. The van der Waals surface area contributed by atoms with Crippen molar-refractivity contribution in [3.8, 4) is 0 Å². The Morgan fingerprint density at radius 2 is 1.53 bits per heavy atom. The summed E-state index contributed by atoms with van der Waals surface area (Å²) in [5.74, 6) is -4.42. The molecule has 1 heterocycles. The van der Waals surface area contributed by atoms with Crippen molar-refractivity contribution < 1.29 is 28.5 Å². The van der Waals surface area contributed by atoms with Crippen molar-refractivity contribution in [1.82, 2.24) is 10.0 Å². The predicted octanol–water partition coefficient (Wildman–Crippen LogP) is 4.15. The van der Waals surface area contributed by atoms with Gasteiger partial charge in [0.25, 0.3) is 23.4 Å². The van der Waals surface area contributed by atoms with Gasteiger partial charge in [-0.05, 0) is 55.7 Å². The van der Waals surface area contributed by atoms with Crippen molar-refractivity contribution in [3.05, 3.63) is 75.6 Å². The number of ketones is 1. The number of benzene rings is 2. The highest BCUT2D eigenvalue weighted by Gasteiger charge is 2.53. The number of imide groups is 1. The normalized spacial score (nSPS) is 20.1. The van der Waals surface area contributed by atoms with Crippen LogP contribution in [-0.4, -0.2) is 50.4 Å². The van der Waals surface area contributed by atoms with Gasteiger partial charge in [0.1, 0.15) is 11.9 Å². The number of alkyl halides is 1. The third-order valence-electron chi connectivity index (χ3n) is 6.68. The zero-order valence-electron chi connectivity index (χ0n) is 19.1. The van der Waals surface area contributed by atoms with Crippen LogP contribution in [0.4, 0.5) is 10.1 Å². The minimum atomic E-state index is -1.34. The molecule has 0 aromatic heterocycles. The standard InChI is InChI=1S/C25H23ClFN3O6/c26-14-13-21(22(31)15-5-9-17(27)10-6-15)28(23(32)16-7-11-18(12-8-16)30(35)36)29-24(33)19-3-1-2-4-20(19)25(29)34/h5-12,19-21H,1-4,13-14H2/t19-,20+,21-/m0/s1. The molecule has 3 atom stereocenters. The molecule has 0 unspecified atom stereocenters. The fourth-order valence-electron chi connectivity index (χ4n) is 4.86. The number of rotatable bonds is 8. The van der Waals surface area contributed by atoms with Gasteiger partial charge in [-0.1, -0.05) is 12.8 Å². The van der Waals surface area contributed by atoms with Crippen LogP contribution in [0.25, 0.3) is 0 Å². The van der Waals surface area contributed by atoms with Crippen LogP contribution in [0, 0.1) is 27.8 Å². The highest BCUT2D eigenvalue weighted by atomic mass is 35.5. The van der Waals surface area contributed by atoms with E-state index in [2.05, 4.69) is 0 Å². The molecule has 1 aliphatic heterocycles. The van der Waals surface area contributed by atoms with Gasteiger partial charge in [0.15, 0.2) is 5.78 Å². The number of nitro benzene ring substituents is 1. The second-order valence-electron chi connectivity index (χ2n) is 8.80. The monoisotopic (exact) mass is 515 g/mol. The van der Waals surface area contributed by atoms with Crippen molar-refractivity contribution in [2.24, 2.45) is 11.8 Å². The molecule has 2 aromatic rings. The summed E-state index contributed by atoms with van der Waals surface area (Å²) in [5, 5.41) is 12.7. The SMILES string of the molecule is O=C(c1ccc(F)cc1)[C@H](CCCl)N(C(=O)c1ccc([N+](=O)[O-])cc1)N1C(=O)[C@H]2CCCC[C@H]2C1=O. The van der Waals surface area contributed by atoms with Crippen LogP contribution >= 0.6 is 11.6 Å². The Bertz CT molecular complexity index is 1180. The van der Waals surface area contributed by atoms with Gasteiger partial charge in [-0.15, -0.1) is 11.6 Å². The van der Waals surface area contributed by atoms with Crippen LogP contribution in [-0.2, 0) is 9.59 Å². The van der Waals surface area contributed by atoms with Crippen molar-refractivity contribution >= 4 is 40.8 Å². The lowest BCUT2D eigenvalue weighted by atomic mass is 9.81. The van der Waals surface area contributed by atoms with E-state index >= 15 is 0 Å². The van der Waals surface area contributed by atoms with Crippen molar-refractivity contribution in [3.63, 3.8) is 0 Å². The molecule has 0 N–H and O–H groups in total. The number of halogens is 2. The molecule has 188 valence electrons. The third kappa shape index (κ3) is 4.73. The second-order valence-corrected chi connectivity index (χ2v) is 9.18. The number of hydrazine groups is 1. The molecule has 1 saturated heterocycles. The van der Waals surface area contributed by atoms with Crippen LogP contribution in [0.5, 0.6) is 0 Å². The van der Waals surface area contributed by atoms with E-state index in [1.807, 2.05) is 0 Å². The first-order chi connectivity index (χ1) is 17.2. The number of hydrogen-bond donors (Lipinski definition) is 0. The van der Waals surface area contributed by atoms with Crippen molar-refractivity contribution in [2.75, 3.05) is 5.88 Å². The Morgan fingerprint density at radius 3 is 2.03 bits per heavy atom. The lowest BCUT2D eigenvalue weighted by molar-refractivity contribution is -0.384. The first kappa shape index (κ1) is 25.4. The Balaban J connectivity index is 1.79. The topological polar surface area (TPSA) is 118 Å². The second kappa shape index (κ2) is 10.5. The van der Waals surface area contributed by atoms with Crippen LogP contribution in [0.1, 0.15) is 52.8 Å². The largest absolute Gasteiger partial charge is 0.292 e. The zero-order valence-corrected chi connectivity index (χ0v) is 19.9. The molecule has 1 saturated carbocycles. The number of nitrogens with zero attached hydrogens (tertiary/aromatic N) is 3. The minimum absolute atomic E-state index is 0.0532. The maximum Gasteiger partial charge on any atom is 0.273 e. The van der Waals surface area contributed by atoms with Crippen LogP contribution in [0.3, 0.4) is 0 Å². The first-order valence-corrected chi connectivity index (χ1v) is 12.1. The Morgan fingerprint density at radius 1 is 1.00 bits per heavy atom. The number of non-ortho nitro benzene ring substituents is 1. The van der Waals surface area contributed by atoms with E-state index in [4.69, 9.17) is 11.6 Å². The summed E-state index contributed by atoms with van der Waals surface area (Å²) >= 11 is 5.99. The molecule has 2 fully saturated rings. The first-order valence-electron chi connectivity index (χ1n) is 11.6. The van der Waals surface area contributed by atoms with Crippen molar-refractivity contribution in [1.29, 1.82) is 0 Å². The molecule has 0 spiro atoms. The molecule has 9 nitrogen and oxygen atoms in total. The molecule has 4 rings (SSSR count). The molecule has 0 radical (unpaired) electrons. The lowest BCUT2D eigenvalue weighted by Gasteiger charge is -2.36. The van der Waals surface area contributed by atoms with E-state index in [9.17, 15) is 33.7 Å². The van der Waals surface area contributed by atoms with Crippen LogP contribution < -0.4 is 0 Å². The van der Waals surface area contributed by atoms with E-state index in [1.165, 1.54) is 24.3 Å². The van der Waals surface area contributed by atoms with E-state index in [0.717, 1.165) is 47.1 Å². The van der Waals surface area contributed by atoms with Gasteiger partial charge in [-0.25, -0.2) is 9.40 Å². The highest BCUT2D eigenvalue weighted by Crippen LogP contribution is 2.40. The average molecular weight is 516 g/mol. The third-order valence-corrected chi connectivity index (χ3v) is 6.89. The molecule has 36 heavy (non-hydrogen) atoms. The van der Waals surface area contributed by atoms with Gasteiger partial charge in [0, 0.05) is 29.1 Å². The van der Waals surface area contributed by atoms with Gasteiger partial charge in [0.05, 0.1) is 16.8 Å². The highest BCUT2D eigenvalue weighted by molar-refractivity contribution is 6.18. The average Bonchev–Trinajstić information content (AvgIpc) is 3.13. The number of fused-ring (bicyclic) bond motifs is 1. The summed E-state index contributed by atoms with van der Waals surface area (Å²) in [6.07, 6.45) is 2.44. The fourth-order valence-corrected chi connectivity index (χ4v) is 5.07. The van der Waals surface area contributed by atoms with Crippen LogP contribution in [0.2, 0.25) is 0 Å². The predicted molar refractivity (Wildman–Crippen MR) is 126 cm³/mol. The fraction of sp³-hybridized carbons (Fsp3) is 0.360. The van der Waals surface area contributed by atoms with Crippen LogP contribution in [0.15, 0.2) is 48.5 Å². The molecular weight excluding hydrogens is 493 g/mol. The van der Waals surface area contributed by atoms with Gasteiger partial charge >= 0.3 is 0 Å². The molecular formula is C25H23ClFN3O6. The molecule has 11 heteroatoms. The number of nitro groups is 1. The Kier molecular flexibility index (Phi) is 7.44. The molecule has 3 amide bonds. The van der Waals surface area contributed by atoms with Crippen molar-refractivity contribution in [2.45, 2.75) is 38.1 Å². The number of hydrogen-bond acceptors (Lipinski definition) is 6. The van der Waals surface area contributed by atoms with E-state index in [1.54, 1.807) is 0 Å².